The molecule has 0 fully saturated rings. The van der Waals surface area contributed by atoms with Crippen molar-refractivity contribution >= 4 is 22.8 Å². The van der Waals surface area contributed by atoms with E-state index < -0.39 is 0 Å². The summed E-state index contributed by atoms with van der Waals surface area (Å²) in [4.78, 5) is 39.9. The second kappa shape index (κ2) is 10.2. The van der Waals surface area contributed by atoms with E-state index >= 15 is 0 Å². The monoisotopic (exact) mass is 407 g/mol. The molecule has 2 heterocycles. The second-order valence-electron chi connectivity index (χ2n) is 6.84. The lowest BCUT2D eigenvalue weighted by molar-refractivity contribution is -0.145. The molecule has 0 aliphatic heterocycles. The predicted octanol–water partition coefficient (Wildman–Crippen LogP) is 3.16. The number of carbonyl (C=O) groups is 2. The van der Waals surface area contributed by atoms with E-state index in [4.69, 9.17) is 4.74 Å². The van der Waals surface area contributed by atoms with Gasteiger partial charge in [-0.3, -0.25) is 14.4 Å². The number of ether oxygens (including phenoxy) is 1. The molecule has 7 heteroatoms. The van der Waals surface area contributed by atoms with E-state index in [1.54, 1.807) is 18.5 Å². The lowest BCUT2D eigenvalue weighted by Gasteiger charge is -2.10. The highest BCUT2D eigenvalue weighted by Crippen LogP contribution is 2.14. The molecule has 7 nitrogen and oxygen atoms in total. The van der Waals surface area contributed by atoms with Gasteiger partial charge in [0.1, 0.15) is 12.1 Å². The minimum absolute atomic E-state index is 0.175. The van der Waals surface area contributed by atoms with Crippen molar-refractivity contribution in [2.24, 2.45) is 0 Å². The zero-order valence-electron chi connectivity index (χ0n) is 16.9. The average Bonchev–Trinajstić information content (AvgIpc) is 3.26. The van der Waals surface area contributed by atoms with Gasteiger partial charge in [0, 0.05) is 37.3 Å². The van der Waals surface area contributed by atoms with Crippen LogP contribution in [0, 0.1) is 0 Å². The van der Waals surface area contributed by atoms with Crippen molar-refractivity contribution in [2.75, 3.05) is 6.54 Å². The Morgan fingerprint density at radius 1 is 1.20 bits per heavy atom. The first-order valence-electron chi connectivity index (χ1n) is 9.89. The maximum atomic E-state index is 12.7. The molecule has 0 spiro atoms. The molecule has 1 amide bonds. The van der Waals surface area contributed by atoms with Crippen LogP contribution < -0.4 is 10.9 Å². The number of allylic oxidation sites excluding steroid dienone is 2. The molecule has 0 radical (unpaired) electrons. The van der Waals surface area contributed by atoms with Crippen LogP contribution in [0.2, 0.25) is 0 Å². The molecular weight excluding hydrogens is 382 g/mol. The van der Waals surface area contributed by atoms with Crippen molar-refractivity contribution in [1.29, 1.82) is 0 Å². The zero-order chi connectivity index (χ0) is 21.3. The summed E-state index contributed by atoms with van der Waals surface area (Å²) in [6.45, 7) is 2.83. The molecular formula is C23H25N3O4. The molecule has 0 bridgehead atoms. The minimum Gasteiger partial charge on any atom is -0.461 e. The number of nitrogens with one attached hydrogen (secondary N) is 2. The highest BCUT2D eigenvalue weighted by atomic mass is 16.5. The Bertz CT molecular complexity index is 1100. The van der Waals surface area contributed by atoms with Gasteiger partial charge in [0.15, 0.2) is 0 Å². The van der Waals surface area contributed by atoms with Crippen LogP contribution in [0.3, 0.4) is 0 Å². The number of nitrogens with zero attached hydrogens (tertiary/aromatic N) is 1. The van der Waals surface area contributed by atoms with E-state index in [2.05, 4.69) is 10.3 Å². The number of hydrogen-bond acceptors (Lipinski definition) is 4. The number of rotatable bonds is 9. The van der Waals surface area contributed by atoms with E-state index in [1.807, 2.05) is 49.4 Å². The minimum atomic E-state index is -0.305. The highest BCUT2D eigenvalue weighted by Gasteiger charge is 2.15. The van der Waals surface area contributed by atoms with Gasteiger partial charge >= 0.3 is 5.97 Å². The first kappa shape index (κ1) is 21.1. The number of hydrogen-bond donors (Lipinski definition) is 2. The average molecular weight is 407 g/mol. The third-order valence-electron chi connectivity index (χ3n) is 4.67. The largest absolute Gasteiger partial charge is 0.461 e. The predicted molar refractivity (Wildman–Crippen MR) is 115 cm³/mol. The summed E-state index contributed by atoms with van der Waals surface area (Å²) in [6.07, 6.45) is 7.59. The fourth-order valence-electron chi connectivity index (χ4n) is 3.07. The lowest BCUT2D eigenvalue weighted by Crippen LogP contribution is -2.28. The van der Waals surface area contributed by atoms with Gasteiger partial charge in [-0.15, -0.1) is 0 Å². The summed E-state index contributed by atoms with van der Waals surface area (Å²) in [5, 5.41) is 3.40. The quantitative estimate of drug-likeness (QED) is 0.324. The molecule has 0 aliphatic rings. The van der Waals surface area contributed by atoms with Gasteiger partial charge in [-0.1, -0.05) is 42.5 Å². The molecule has 0 aliphatic carbocycles. The Hall–Kier alpha value is -3.61. The first-order valence-corrected chi connectivity index (χ1v) is 9.89. The molecule has 156 valence electrons. The first-order chi connectivity index (χ1) is 14.6. The smallest absolute Gasteiger partial charge is 0.306 e. The van der Waals surface area contributed by atoms with Gasteiger partial charge < -0.3 is 19.6 Å². The molecule has 3 aromatic rings. The molecule has 30 heavy (non-hydrogen) atoms. The van der Waals surface area contributed by atoms with Crippen molar-refractivity contribution in [1.82, 2.24) is 14.9 Å². The number of benzene rings is 1. The maximum absolute atomic E-state index is 12.7. The van der Waals surface area contributed by atoms with Crippen LogP contribution in [0.4, 0.5) is 0 Å². The Balaban J connectivity index is 1.54. The van der Waals surface area contributed by atoms with Crippen molar-refractivity contribution in [3.63, 3.8) is 0 Å². The summed E-state index contributed by atoms with van der Waals surface area (Å²) in [5.41, 5.74) is 1.58. The second-order valence-corrected chi connectivity index (χ2v) is 6.84. The normalized spacial score (nSPS) is 11.1. The molecule has 0 saturated carbocycles. The summed E-state index contributed by atoms with van der Waals surface area (Å²) in [6, 6.07) is 11.2. The third-order valence-corrected chi connectivity index (χ3v) is 4.67. The van der Waals surface area contributed by atoms with Gasteiger partial charge in [0.05, 0.1) is 5.56 Å². The molecule has 3 rings (SSSR count). The van der Waals surface area contributed by atoms with E-state index in [0.717, 1.165) is 5.56 Å². The van der Waals surface area contributed by atoms with Gasteiger partial charge in [-0.05, 0) is 25.0 Å². The van der Waals surface area contributed by atoms with Gasteiger partial charge in [0.25, 0.3) is 11.5 Å². The molecule has 0 unspecified atom stereocenters. The van der Waals surface area contributed by atoms with Crippen molar-refractivity contribution in [2.45, 2.75) is 32.9 Å². The number of fused-ring (bicyclic) bond motifs is 1. The van der Waals surface area contributed by atoms with E-state index in [1.165, 1.54) is 4.57 Å². The van der Waals surface area contributed by atoms with Gasteiger partial charge in [-0.2, -0.15) is 0 Å². The topological polar surface area (TPSA) is 93.2 Å². The number of aromatic amines is 1. The summed E-state index contributed by atoms with van der Waals surface area (Å²) >= 11 is 0. The Labute approximate surface area is 174 Å². The van der Waals surface area contributed by atoms with Crippen LogP contribution in [0.15, 0.2) is 65.7 Å². The number of H-pyrrole nitrogens is 1. The number of carbonyl (C=O) groups excluding carboxylic acids is 2. The fraction of sp³-hybridized carbons (Fsp3) is 0.261. The Kier molecular flexibility index (Phi) is 7.21. The van der Waals surface area contributed by atoms with Crippen molar-refractivity contribution in [3.8, 4) is 0 Å². The van der Waals surface area contributed by atoms with E-state index in [-0.39, 0.29) is 30.5 Å². The number of esters is 1. The summed E-state index contributed by atoms with van der Waals surface area (Å²) in [7, 11) is 0. The van der Waals surface area contributed by atoms with Gasteiger partial charge in [-0.25, -0.2) is 0 Å². The standard InChI is InChI=1S/C23H25N3O4/c1-2-3-14-26-15-19(18-11-13-24-21(18)23(26)29)22(28)25-12-7-10-20(27)30-16-17-8-5-4-6-9-17/h2-6,8-9,11,13,15,24H,7,10,12,14,16H2,1H3,(H,25,28)/b3-2+. The summed E-state index contributed by atoms with van der Waals surface area (Å²) in [5.74, 6) is -0.590. The van der Waals surface area contributed by atoms with Crippen LogP contribution in [-0.4, -0.2) is 28.0 Å². The third kappa shape index (κ3) is 5.26. The fourth-order valence-corrected chi connectivity index (χ4v) is 3.07. The SMILES string of the molecule is C/C=C/Cn1cc(C(=O)NCCCC(=O)OCc2ccccc2)c2cc[nH]c2c1=O. The highest BCUT2D eigenvalue weighted by molar-refractivity contribution is 6.05. The van der Waals surface area contributed by atoms with Crippen LogP contribution in [0.5, 0.6) is 0 Å². The molecule has 2 aromatic heterocycles. The van der Waals surface area contributed by atoms with Crippen LogP contribution >= 0.6 is 0 Å². The number of aromatic nitrogens is 2. The summed E-state index contributed by atoms with van der Waals surface area (Å²) < 4.78 is 6.73. The van der Waals surface area contributed by atoms with E-state index in [0.29, 0.717) is 36.0 Å². The molecule has 0 saturated heterocycles. The molecule has 1 aromatic carbocycles. The number of amides is 1. The van der Waals surface area contributed by atoms with Crippen molar-refractivity contribution < 1.29 is 14.3 Å². The Morgan fingerprint density at radius 2 is 2.00 bits per heavy atom. The van der Waals surface area contributed by atoms with E-state index in [9.17, 15) is 14.4 Å². The Morgan fingerprint density at radius 3 is 2.77 bits per heavy atom. The maximum Gasteiger partial charge on any atom is 0.306 e. The number of pyridine rings is 1. The van der Waals surface area contributed by atoms with Gasteiger partial charge in [0.2, 0.25) is 0 Å². The molecule has 0 atom stereocenters. The zero-order valence-corrected chi connectivity index (χ0v) is 16.9. The molecule has 2 N–H and O–H groups in total. The lowest BCUT2D eigenvalue weighted by atomic mass is 10.1. The van der Waals surface area contributed by atoms with Crippen molar-refractivity contribution in [3.05, 3.63) is 82.4 Å². The van der Waals surface area contributed by atoms with Crippen LogP contribution in [0.1, 0.15) is 35.7 Å². The van der Waals surface area contributed by atoms with Crippen LogP contribution in [-0.2, 0) is 22.7 Å². The van der Waals surface area contributed by atoms with Crippen LogP contribution in [0.25, 0.3) is 10.9 Å².